The maximum atomic E-state index is 13.5. The molecular formula is C15H21F2N. The van der Waals surface area contributed by atoms with E-state index in [0.717, 1.165) is 5.92 Å². The van der Waals surface area contributed by atoms with E-state index in [-0.39, 0.29) is 11.6 Å². The van der Waals surface area contributed by atoms with Gasteiger partial charge in [-0.3, -0.25) is 0 Å². The summed E-state index contributed by atoms with van der Waals surface area (Å²) in [5.74, 6) is -0.119. The minimum atomic E-state index is -0.441. The molecule has 1 aromatic rings. The Morgan fingerprint density at radius 3 is 2.50 bits per heavy atom. The van der Waals surface area contributed by atoms with Crippen LogP contribution < -0.4 is 5.32 Å². The summed E-state index contributed by atoms with van der Waals surface area (Å²) in [7, 11) is 0. The molecule has 1 aliphatic carbocycles. The lowest BCUT2D eigenvalue weighted by molar-refractivity contribution is 0.427. The first kappa shape index (κ1) is 13.5. The standard InChI is InChI=1S/C15H21F2N/c1-10-6-7-12(8-10)18-11(2)9-13-14(16)4-3-5-15(13)17/h3-5,10-12,18H,6-9H2,1-2H3. The van der Waals surface area contributed by atoms with Gasteiger partial charge in [0.15, 0.2) is 0 Å². The zero-order valence-corrected chi connectivity index (χ0v) is 11.0. The van der Waals surface area contributed by atoms with Crippen LogP contribution in [0.1, 0.15) is 38.7 Å². The van der Waals surface area contributed by atoms with Crippen LogP contribution in [-0.4, -0.2) is 12.1 Å². The highest BCUT2D eigenvalue weighted by Crippen LogP contribution is 2.25. The van der Waals surface area contributed by atoms with E-state index in [2.05, 4.69) is 12.2 Å². The van der Waals surface area contributed by atoms with E-state index in [0.29, 0.717) is 12.5 Å². The molecule has 1 aliphatic rings. The van der Waals surface area contributed by atoms with Crippen LogP contribution in [0.25, 0.3) is 0 Å². The van der Waals surface area contributed by atoms with E-state index in [1.54, 1.807) is 0 Å². The fourth-order valence-electron chi connectivity index (χ4n) is 2.85. The molecule has 0 amide bonds. The monoisotopic (exact) mass is 253 g/mol. The van der Waals surface area contributed by atoms with Crippen molar-refractivity contribution in [2.75, 3.05) is 0 Å². The molecule has 0 saturated heterocycles. The highest BCUT2D eigenvalue weighted by atomic mass is 19.1. The summed E-state index contributed by atoms with van der Waals surface area (Å²) in [4.78, 5) is 0. The van der Waals surface area contributed by atoms with Crippen LogP contribution in [0.5, 0.6) is 0 Å². The van der Waals surface area contributed by atoms with Crippen LogP contribution in [0.15, 0.2) is 18.2 Å². The van der Waals surface area contributed by atoms with Gasteiger partial charge >= 0.3 is 0 Å². The summed E-state index contributed by atoms with van der Waals surface area (Å²) in [6.45, 7) is 4.25. The zero-order valence-electron chi connectivity index (χ0n) is 11.0. The summed E-state index contributed by atoms with van der Waals surface area (Å²) in [6.07, 6.45) is 4.00. The van der Waals surface area contributed by atoms with E-state index >= 15 is 0 Å². The molecule has 3 atom stereocenters. The summed E-state index contributed by atoms with van der Waals surface area (Å²) in [5.41, 5.74) is 0.198. The average molecular weight is 253 g/mol. The van der Waals surface area contributed by atoms with Crippen molar-refractivity contribution < 1.29 is 8.78 Å². The molecule has 1 nitrogen and oxygen atoms in total. The minimum Gasteiger partial charge on any atom is -0.311 e. The van der Waals surface area contributed by atoms with Gasteiger partial charge in [0.05, 0.1) is 0 Å². The van der Waals surface area contributed by atoms with E-state index < -0.39 is 11.6 Å². The Hall–Kier alpha value is -0.960. The molecule has 0 bridgehead atoms. The van der Waals surface area contributed by atoms with Crippen molar-refractivity contribution in [2.45, 2.75) is 51.6 Å². The average Bonchev–Trinajstić information content (AvgIpc) is 2.69. The Balaban J connectivity index is 1.93. The van der Waals surface area contributed by atoms with Gasteiger partial charge in [0.1, 0.15) is 11.6 Å². The highest BCUT2D eigenvalue weighted by Gasteiger charge is 2.23. The highest BCUT2D eigenvalue weighted by molar-refractivity contribution is 5.20. The molecule has 0 aromatic heterocycles. The summed E-state index contributed by atoms with van der Waals surface area (Å²) >= 11 is 0. The Kier molecular flexibility index (Phi) is 4.33. The van der Waals surface area contributed by atoms with Gasteiger partial charge in [-0.15, -0.1) is 0 Å². The third-order valence-electron chi connectivity index (χ3n) is 3.79. The second-order valence-electron chi connectivity index (χ2n) is 5.59. The zero-order chi connectivity index (χ0) is 13.1. The Labute approximate surface area is 108 Å². The molecular weight excluding hydrogens is 232 g/mol. The molecule has 0 heterocycles. The molecule has 0 radical (unpaired) electrons. The maximum Gasteiger partial charge on any atom is 0.129 e. The number of halogens is 2. The predicted octanol–water partition coefficient (Wildman–Crippen LogP) is 3.67. The maximum absolute atomic E-state index is 13.5. The van der Waals surface area contributed by atoms with Gasteiger partial charge in [0.2, 0.25) is 0 Å². The number of nitrogens with one attached hydrogen (secondary N) is 1. The first-order chi connectivity index (χ1) is 8.56. The lowest BCUT2D eigenvalue weighted by atomic mass is 10.0. The fraction of sp³-hybridized carbons (Fsp3) is 0.600. The van der Waals surface area contributed by atoms with Crippen LogP contribution in [0, 0.1) is 17.6 Å². The van der Waals surface area contributed by atoms with Crippen molar-refractivity contribution >= 4 is 0 Å². The molecule has 0 aliphatic heterocycles. The molecule has 1 N–H and O–H groups in total. The first-order valence-corrected chi connectivity index (χ1v) is 6.75. The predicted molar refractivity (Wildman–Crippen MR) is 69.5 cm³/mol. The Morgan fingerprint density at radius 1 is 1.28 bits per heavy atom. The SMILES string of the molecule is CC1CCC(NC(C)Cc2c(F)cccc2F)C1. The van der Waals surface area contributed by atoms with Gasteiger partial charge in [0, 0.05) is 17.6 Å². The van der Waals surface area contributed by atoms with Crippen LogP contribution >= 0.6 is 0 Å². The quantitative estimate of drug-likeness (QED) is 0.863. The molecule has 1 saturated carbocycles. The van der Waals surface area contributed by atoms with E-state index in [4.69, 9.17) is 0 Å². The van der Waals surface area contributed by atoms with Gasteiger partial charge in [-0.05, 0) is 50.7 Å². The van der Waals surface area contributed by atoms with Gasteiger partial charge in [-0.2, -0.15) is 0 Å². The molecule has 1 fully saturated rings. The van der Waals surface area contributed by atoms with E-state index in [1.165, 1.54) is 37.5 Å². The Bertz CT molecular complexity index is 385. The summed E-state index contributed by atoms with van der Waals surface area (Å²) in [6, 6.07) is 4.66. The van der Waals surface area contributed by atoms with Gasteiger partial charge in [0.25, 0.3) is 0 Å². The smallest absolute Gasteiger partial charge is 0.129 e. The van der Waals surface area contributed by atoms with E-state index in [1.807, 2.05) is 6.92 Å². The van der Waals surface area contributed by atoms with Crippen molar-refractivity contribution in [2.24, 2.45) is 5.92 Å². The van der Waals surface area contributed by atoms with Crippen molar-refractivity contribution in [1.82, 2.24) is 5.32 Å². The molecule has 0 spiro atoms. The Morgan fingerprint density at radius 2 is 1.94 bits per heavy atom. The van der Waals surface area contributed by atoms with Crippen molar-refractivity contribution in [3.63, 3.8) is 0 Å². The molecule has 2 rings (SSSR count). The second kappa shape index (κ2) is 5.79. The van der Waals surface area contributed by atoms with Crippen LogP contribution in [0.2, 0.25) is 0 Å². The topological polar surface area (TPSA) is 12.0 Å². The van der Waals surface area contributed by atoms with Crippen LogP contribution in [-0.2, 0) is 6.42 Å². The third-order valence-corrected chi connectivity index (χ3v) is 3.79. The lowest BCUT2D eigenvalue weighted by Gasteiger charge is -2.20. The molecule has 18 heavy (non-hydrogen) atoms. The van der Waals surface area contributed by atoms with Gasteiger partial charge in [-0.1, -0.05) is 13.0 Å². The normalized spacial score (nSPS) is 25.3. The lowest BCUT2D eigenvalue weighted by Crippen LogP contribution is -2.36. The molecule has 100 valence electrons. The molecule has 3 heteroatoms. The van der Waals surface area contributed by atoms with E-state index in [9.17, 15) is 8.78 Å². The third kappa shape index (κ3) is 3.29. The number of hydrogen-bond donors (Lipinski definition) is 1. The molecule has 3 unspecified atom stereocenters. The van der Waals surface area contributed by atoms with Crippen molar-refractivity contribution in [1.29, 1.82) is 0 Å². The number of rotatable bonds is 4. The summed E-state index contributed by atoms with van der Waals surface area (Å²) < 4.78 is 27.0. The summed E-state index contributed by atoms with van der Waals surface area (Å²) in [5, 5.41) is 3.48. The fourth-order valence-corrected chi connectivity index (χ4v) is 2.85. The van der Waals surface area contributed by atoms with Crippen LogP contribution in [0.4, 0.5) is 8.78 Å². The minimum absolute atomic E-state index is 0.103. The molecule has 1 aromatic carbocycles. The first-order valence-electron chi connectivity index (χ1n) is 6.75. The van der Waals surface area contributed by atoms with Crippen LogP contribution in [0.3, 0.4) is 0 Å². The van der Waals surface area contributed by atoms with Gasteiger partial charge < -0.3 is 5.32 Å². The van der Waals surface area contributed by atoms with Crippen molar-refractivity contribution in [3.8, 4) is 0 Å². The van der Waals surface area contributed by atoms with Crippen molar-refractivity contribution in [3.05, 3.63) is 35.4 Å². The largest absolute Gasteiger partial charge is 0.311 e. The van der Waals surface area contributed by atoms with Gasteiger partial charge in [-0.25, -0.2) is 8.78 Å². The second-order valence-corrected chi connectivity index (χ2v) is 5.59. The number of hydrogen-bond acceptors (Lipinski definition) is 1. The number of benzene rings is 1.